The van der Waals surface area contributed by atoms with E-state index in [1.165, 1.54) is 18.2 Å². The second kappa shape index (κ2) is 6.02. The third-order valence-electron chi connectivity index (χ3n) is 4.25. The molecule has 6 heteroatoms. The molecule has 1 aliphatic rings. The van der Waals surface area contributed by atoms with Crippen molar-refractivity contribution in [2.45, 2.75) is 33.2 Å². The van der Waals surface area contributed by atoms with Gasteiger partial charge in [0.15, 0.2) is 0 Å². The molecule has 3 unspecified atom stereocenters. The molecule has 1 aromatic carbocycles. The molecule has 1 aliphatic heterocycles. The summed E-state index contributed by atoms with van der Waals surface area (Å²) < 4.78 is 0. The van der Waals surface area contributed by atoms with E-state index in [4.69, 9.17) is 11.6 Å². The summed E-state index contributed by atoms with van der Waals surface area (Å²) in [6.07, 6.45) is 1.08. The van der Waals surface area contributed by atoms with Crippen molar-refractivity contribution >= 4 is 23.2 Å². The summed E-state index contributed by atoms with van der Waals surface area (Å²) in [7, 11) is 0. The van der Waals surface area contributed by atoms with Gasteiger partial charge in [0.2, 0.25) is 0 Å². The maximum absolute atomic E-state index is 12.7. The predicted octanol–water partition coefficient (Wildman–Crippen LogP) is 3.75. The number of nitro benzene ring substituents is 1. The van der Waals surface area contributed by atoms with E-state index in [-0.39, 0.29) is 28.2 Å². The molecule has 5 nitrogen and oxygen atoms in total. The van der Waals surface area contributed by atoms with Gasteiger partial charge in [0, 0.05) is 24.7 Å². The average Bonchev–Trinajstić information content (AvgIpc) is 2.42. The van der Waals surface area contributed by atoms with Crippen molar-refractivity contribution in [2.75, 3.05) is 6.54 Å². The van der Waals surface area contributed by atoms with Crippen LogP contribution in [-0.2, 0) is 0 Å². The molecule has 0 aromatic heterocycles. The zero-order chi connectivity index (χ0) is 15.7. The van der Waals surface area contributed by atoms with E-state index in [1.54, 1.807) is 4.90 Å². The van der Waals surface area contributed by atoms with Gasteiger partial charge >= 0.3 is 0 Å². The Bertz CT molecular complexity index is 576. The average molecular weight is 311 g/mol. The second-order valence-electron chi connectivity index (χ2n) is 5.94. The molecule has 0 bridgehead atoms. The molecule has 0 N–H and O–H groups in total. The minimum absolute atomic E-state index is 0.101. The van der Waals surface area contributed by atoms with Gasteiger partial charge in [-0.1, -0.05) is 25.4 Å². The van der Waals surface area contributed by atoms with Gasteiger partial charge in [0.1, 0.15) is 0 Å². The van der Waals surface area contributed by atoms with Crippen LogP contribution in [0, 0.1) is 22.0 Å². The number of hydrogen-bond acceptors (Lipinski definition) is 3. The Morgan fingerprint density at radius 1 is 1.38 bits per heavy atom. The van der Waals surface area contributed by atoms with Crippen LogP contribution in [0.2, 0.25) is 5.02 Å². The molecule has 0 aliphatic carbocycles. The second-order valence-corrected chi connectivity index (χ2v) is 6.34. The molecule has 1 aromatic rings. The van der Waals surface area contributed by atoms with Crippen molar-refractivity contribution in [3.8, 4) is 0 Å². The van der Waals surface area contributed by atoms with Crippen LogP contribution in [0.1, 0.15) is 37.6 Å². The fourth-order valence-corrected chi connectivity index (χ4v) is 3.13. The van der Waals surface area contributed by atoms with Gasteiger partial charge in [-0.25, -0.2) is 0 Å². The maximum atomic E-state index is 12.7. The number of amides is 1. The standard InChI is InChI=1S/C15H19ClN2O3/c1-9-6-10(2)11(3)17(8-9)15(19)13-7-12(18(20)21)4-5-14(13)16/h4-5,7,9-11H,6,8H2,1-3H3. The molecule has 114 valence electrons. The first-order chi connectivity index (χ1) is 9.81. The van der Waals surface area contributed by atoms with Crippen LogP contribution in [0.4, 0.5) is 5.69 Å². The third-order valence-corrected chi connectivity index (χ3v) is 4.58. The smallest absolute Gasteiger partial charge is 0.270 e. The lowest BCUT2D eigenvalue weighted by Gasteiger charge is -2.41. The number of non-ortho nitro benzene ring substituents is 1. The highest BCUT2D eigenvalue weighted by Crippen LogP contribution is 2.30. The molecule has 21 heavy (non-hydrogen) atoms. The minimum atomic E-state index is -0.516. The van der Waals surface area contributed by atoms with Gasteiger partial charge in [-0.15, -0.1) is 0 Å². The Kier molecular flexibility index (Phi) is 4.52. The van der Waals surface area contributed by atoms with E-state index >= 15 is 0 Å². The number of nitro groups is 1. The summed E-state index contributed by atoms with van der Waals surface area (Å²) in [5.41, 5.74) is 0.0903. The molecule has 0 spiro atoms. The van der Waals surface area contributed by atoms with Crippen molar-refractivity contribution in [3.05, 3.63) is 38.9 Å². The van der Waals surface area contributed by atoms with Gasteiger partial charge < -0.3 is 4.90 Å². The molecule has 2 rings (SSSR count). The first kappa shape index (κ1) is 15.8. The lowest BCUT2D eigenvalue weighted by Crippen LogP contribution is -2.48. The number of nitrogens with zero attached hydrogens (tertiary/aromatic N) is 2. The number of rotatable bonds is 2. The Morgan fingerprint density at radius 3 is 2.67 bits per heavy atom. The highest BCUT2D eigenvalue weighted by molar-refractivity contribution is 6.33. The van der Waals surface area contributed by atoms with E-state index < -0.39 is 4.92 Å². The number of hydrogen-bond donors (Lipinski definition) is 0. The number of halogens is 1. The van der Waals surface area contributed by atoms with Crippen molar-refractivity contribution in [3.63, 3.8) is 0 Å². The molecule has 3 atom stereocenters. The quantitative estimate of drug-likeness (QED) is 0.617. The summed E-state index contributed by atoms with van der Waals surface area (Å²) in [4.78, 5) is 24.9. The predicted molar refractivity (Wildman–Crippen MR) is 81.5 cm³/mol. The van der Waals surface area contributed by atoms with Crippen molar-refractivity contribution in [1.82, 2.24) is 4.90 Å². The first-order valence-corrected chi connectivity index (χ1v) is 7.44. The van der Waals surface area contributed by atoms with Gasteiger partial charge in [-0.05, 0) is 31.2 Å². The minimum Gasteiger partial charge on any atom is -0.335 e. The number of likely N-dealkylation sites (tertiary alicyclic amines) is 1. The zero-order valence-corrected chi connectivity index (χ0v) is 13.1. The fourth-order valence-electron chi connectivity index (χ4n) is 2.93. The topological polar surface area (TPSA) is 63.5 Å². The Hall–Kier alpha value is -1.62. The Morgan fingerprint density at radius 2 is 2.05 bits per heavy atom. The Labute approximate surface area is 129 Å². The van der Waals surface area contributed by atoms with E-state index in [1.807, 2.05) is 6.92 Å². The molecular weight excluding hydrogens is 292 g/mol. The normalized spacial score (nSPS) is 25.7. The van der Waals surface area contributed by atoms with Crippen LogP contribution in [0.3, 0.4) is 0 Å². The van der Waals surface area contributed by atoms with E-state index in [0.29, 0.717) is 18.4 Å². The molecular formula is C15H19ClN2O3. The molecule has 1 fully saturated rings. The molecule has 0 saturated carbocycles. The SMILES string of the molecule is CC1CC(C)C(C)N(C(=O)c2cc([N+](=O)[O-])ccc2Cl)C1. The fraction of sp³-hybridized carbons (Fsp3) is 0.533. The van der Waals surface area contributed by atoms with Crippen LogP contribution < -0.4 is 0 Å². The monoisotopic (exact) mass is 310 g/mol. The van der Waals surface area contributed by atoms with Gasteiger partial charge in [-0.2, -0.15) is 0 Å². The van der Waals surface area contributed by atoms with Crippen LogP contribution in [0.5, 0.6) is 0 Å². The number of carbonyl (C=O) groups is 1. The van der Waals surface area contributed by atoms with Crippen LogP contribution in [-0.4, -0.2) is 28.3 Å². The summed E-state index contributed by atoms with van der Waals surface area (Å²) in [6, 6.07) is 4.09. The van der Waals surface area contributed by atoms with Gasteiger partial charge in [0.25, 0.3) is 11.6 Å². The molecule has 1 heterocycles. The molecule has 0 radical (unpaired) electrons. The zero-order valence-electron chi connectivity index (χ0n) is 12.4. The maximum Gasteiger partial charge on any atom is 0.270 e. The summed E-state index contributed by atoms with van der Waals surface area (Å²) in [6.45, 7) is 6.90. The number of piperidine rings is 1. The van der Waals surface area contributed by atoms with Gasteiger partial charge in [-0.3, -0.25) is 14.9 Å². The van der Waals surface area contributed by atoms with E-state index in [0.717, 1.165) is 6.42 Å². The Balaban J connectivity index is 2.34. The van der Waals surface area contributed by atoms with Crippen molar-refractivity contribution < 1.29 is 9.72 Å². The highest BCUT2D eigenvalue weighted by Gasteiger charge is 2.33. The summed E-state index contributed by atoms with van der Waals surface area (Å²) in [5, 5.41) is 11.1. The third kappa shape index (κ3) is 3.18. The van der Waals surface area contributed by atoms with Crippen molar-refractivity contribution in [1.29, 1.82) is 0 Å². The molecule has 1 saturated heterocycles. The van der Waals surface area contributed by atoms with E-state index in [9.17, 15) is 14.9 Å². The first-order valence-electron chi connectivity index (χ1n) is 7.06. The van der Waals surface area contributed by atoms with Crippen molar-refractivity contribution in [2.24, 2.45) is 11.8 Å². The van der Waals surface area contributed by atoms with Crippen LogP contribution >= 0.6 is 11.6 Å². The van der Waals surface area contributed by atoms with Crippen LogP contribution in [0.15, 0.2) is 18.2 Å². The van der Waals surface area contributed by atoms with Gasteiger partial charge in [0.05, 0.1) is 15.5 Å². The summed E-state index contributed by atoms with van der Waals surface area (Å²) in [5.74, 6) is 0.586. The largest absolute Gasteiger partial charge is 0.335 e. The van der Waals surface area contributed by atoms with Crippen LogP contribution in [0.25, 0.3) is 0 Å². The van der Waals surface area contributed by atoms with E-state index in [2.05, 4.69) is 13.8 Å². The lowest BCUT2D eigenvalue weighted by molar-refractivity contribution is -0.384. The molecule has 1 amide bonds. The summed E-state index contributed by atoms with van der Waals surface area (Å²) >= 11 is 6.07. The lowest BCUT2D eigenvalue weighted by atomic mass is 9.85. The number of carbonyl (C=O) groups excluding carboxylic acids is 1. The number of benzene rings is 1. The highest BCUT2D eigenvalue weighted by atomic mass is 35.5.